The van der Waals surface area contributed by atoms with Gasteiger partial charge in [-0.3, -0.25) is 0 Å². The molecule has 0 saturated heterocycles. The maximum atomic E-state index is 6.70. The predicted molar refractivity (Wildman–Crippen MR) is 204 cm³/mol. The second-order valence-corrected chi connectivity index (χ2v) is 12.1. The van der Waals surface area contributed by atoms with E-state index in [2.05, 4.69) is 155 Å². The molecule has 0 radical (unpaired) electrons. The summed E-state index contributed by atoms with van der Waals surface area (Å²) in [6.45, 7) is 0. The van der Waals surface area contributed by atoms with Crippen LogP contribution < -0.4 is 9.80 Å². The highest BCUT2D eigenvalue weighted by Gasteiger charge is 2.23. The van der Waals surface area contributed by atoms with E-state index in [0.29, 0.717) is 5.89 Å². The van der Waals surface area contributed by atoms with E-state index < -0.39 is 0 Å². The van der Waals surface area contributed by atoms with E-state index in [9.17, 15) is 0 Å². The van der Waals surface area contributed by atoms with Crippen molar-refractivity contribution in [3.8, 4) is 11.5 Å². The van der Waals surface area contributed by atoms with E-state index in [4.69, 9.17) is 9.40 Å². The van der Waals surface area contributed by atoms with Crippen LogP contribution in [-0.2, 0) is 0 Å². The van der Waals surface area contributed by atoms with Gasteiger partial charge >= 0.3 is 0 Å². The van der Waals surface area contributed by atoms with Crippen molar-refractivity contribution in [3.63, 3.8) is 0 Å². The fraction of sp³-hybridized carbons (Fsp3) is 0. The SMILES string of the molecule is c1ccc(-c2nc3c(N(c4ccccc4)c4ccccc4)cc4cc(N(c5ccccc5)c5ccc6ccccc6c5)ccc4c3o2)cc1. The molecule has 0 atom stereocenters. The quantitative estimate of drug-likeness (QED) is 0.176. The molecule has 9 rings (SSSR count). The van der Waals surface area contributed by atoms with Crippen molar-refractivity contribution in [2.75, 3.05) is 9.80 Å². The molecule has 0 N–H and O–H groups in total. The molecular formula is C45H31N3O. The van der Waals surface area contributed by atoms with Gasteiger partial charge in [-0.1, -0.05) is 103 Å². The van der Waals surface area contributed by atoms with Crippen LogP contribution in [0.15, 0.2) is 192 Å². The zero-order valence-corrected chi connectivity index (χ0v) is 26.6. The molecule has 9 aromatic rings. The Morgan fingerprint density at radius 3 is 1.53 bits per heavy atom. The fourth-order valence-electron chi connectivity index (χ4n) is 6.70. The van der Waals surface area contributed by atoms with Crippen LogP contribution in [0, 0.1) is 0 Å². The van der Waals surface area contributed by atoms with Crippen LogP contribution in [0.3, 0.4) is 0 Å². The Bertz CT molecular complexity index is 2510. The van der Waals surface area contributed by atoms with Crippen molar-refractivity contribution in [3.05, 3.63) is 188 Å². The molecule has 1 aromatic heterocycles. The molecule has 232 valence electrons. The summed E-state index contributed by atoms with van der Waals surface area (Å²) in [7, 11) is 0. The average molecular weight is 630 g/mol. The van der Waals surface area contributed by atoms with Crippen LogP contribution in [0.25, 0.3) is 44.1 Å². The lowest BCUT2D eigenvalue weighted by atomic mass is 10.0. The molecule has 0 unspecified atom stereocenters. The Hall–Kier alpha value is -6.65. The Balaban J connectivity index is 1.31. The summed E-state index contributed by atoms with van der Waals surface area (Å²) in [4.78, 5) is 9.75. The van der Waals surface area contributed by atoms with E-state index in [1.807, 2.05) is 42.5 Å². The Morgan fingerprint density at radius 1 is 0.388 bits per heavy atom. The molecule has 8 aromatic carbocycles. The number of hydrogen-bond acceptors (Lipinski definition) is 4. The third-order valence-electron chi connectivity index (χ3n) is 9.00. The zero-order valence-electron chi connectivity index (χ0n) is 26.6. The molecule has 0 saturated carbocycles. The number of aromatic nitrogens is 1. The molecular weight excluding hydrogens is 599 g/mol. The van der Waals surface area contributed by atoms with Gasteiger partial charge in [-0.25, -0.2) is 4.98 Å². The Kier molecular flexibility index (Phi) is 7.10. The normalized spacial score (nSPS) is 11.3. The molecule has 0 aliphatic carbocycles. The molecule has 0 spiro atoms. The van der Waals surface area contributed by atoms with Crippen LogP contribution in [0.4, 0.5) is 34.1 Å². The average Bonchev–Trinajstić information content (AvgIpc) is 3.63. The van der Waals surface area contributed by atoms with Crippen LogP contribution in [0.1, 0.15) is 0 Å². The van der Waals surface area contributed by atoms with E-state index in [-0.39, 0.29) is 0 Å². The maximum absolute atomic E-state index is 6.70. The summed E-state index contributed by atoms with van der Waals surface area (Å²) in [5.74, 6) is 0.594. The van der Waals surface area contributed by atoms with Gasteiger partial charge in [-0.05, 0) is 101 Å². The number of nitrogens with zero attached hydrogens (tertiary/aromatic N) is 3. The van der Waals surface area contributed by atoms with Gasteiger partial charge in [0.25, 0.3) is 0 Å². The van der Waals surface area contributed by atoms with Gasteiger partial charge < -0.3 is 14.2 Å². The Labute approximate surface area is 284 Å². The van der Waals surface area contributed by atoms with Crippen molar-refractivity contribution < 1.29 is 4.42 Å². The van der Waals surface area contributed by atoms with Crippen molar-refractivity contribution >= 4 is 66.8 Å². The highest BCUT2D eigenvalue weighted by Crippen LogP contribution is 2.45. The number of fused-ring (bicyclic) bond motifs is 4. The lowest BCUT2D eigenvalue weighted by molar-refractivity contribution is 0.623. The lowest BCUT2D eigenvalue weighted by Gasteiger charge is -2.27. The molecule has 0 aliphatic heterocycles. The molecule has 0 fully saturated rings. The van der Waals surface area contributed by atoms with Gasteiger partial charge in [0.05, 0.1) is 5.69 Å². The summed E-state index contributed by atoms with van der Waals surface area (Å²) in [5.41, 5.74) is 8.74. The standard InChI is InChI=1S/C45H31N3O/c1-5-16-33(17-6-1)45-46-43-42(48(37-21-9-3-10-22-37)38-23-11-4-12-24-38)31-35-30-40(27-28-41(35)44(43)49-45)47(36-19-7-2-8-20-36)39-26-25-32-15-13-14-18-34(32)29-39/h1-31H. The van der Waals surface area contributed by atoms with Gasteiger partial charge in [0.15, 0.2) is 5.58 Å². The number of rotatable bonds is 7. The molecule has 0 aliphatic rings. The largest absolute Gasteiger partial charge is 0.435 e. The summed E-state index contributed by atoms with van der Waals surface area (Å²) in [5, 5.41) is 4.47. The molecule has 0 bridgehead atoms. The summed E-state index contributed by atoms with van der Waals surface area (Å²) in [6.07, 6.45) is 0. The van der Waals surface area contributed by atoms with Crippen molar-refractivity contribution in [2.45, 2.75) is 0 Å². The third kappa shape index (κ3) is 5.26. The van der Waals surface area contributed by atoms with Gasteiger partial charge in [-0.2, -0.15) is 0 Å². The maximum Gasteiger partial charge on any atom is 0.227 e. The first-order valence-electron chi connectivity index (χ1n) is 16.5. The number of para-hydroxylation sites is 3. The van der Waals surface area contributed by atoms with E-state index >= 15 is 0 Å². The predicted octanol–water partition coefficient (Wildman–Crippen LogP) is 12.7. The van der Waals surface area contributed by atoms with Crippen molar-refractivity contribution in [1.29, 1.82) is 0 Å². The number of benzene rings is 8. The van der Waals surface area contributed by atoms with Gasteiger partial charge in [-0.15, -0.1) is 0 Å². The third-order valence-corrected chi connectivity index (χ3v) is 9.00. The minimum Gasteiger partial charge on any atom is -0.435 e. The van der Waals surface area contributed by atoms with E-state index in [0.717, 1.165) is 61.6 Å². The molecule has 0 amide bonds. The minimum atomic E-state index is 0.594. The van der Waals surface area contributed by atoms with Gasteiger partial charge in [0, 0.05) is 39.4 Å². The van der Waals surface area contributed by atoms with Crippen LogP contribution >= 0.6 is 0 Å². The Morgan fingerprint density at radius 2 is 0.898 bits per heavy atom. The van der Waals surface area contributed by atoms with E-state index in [1.54, 1.807) is 0 Å². The highest BCUT2D eigenvalue weighted by atomic mass is 16.3. The van der Waals surface area contributed by atoms with Gasteiger partial charge in [0.2, 0.25) is 5.89 Å². The number of anilines is 6. The highest BCUT2D eigenvalue weighted by molar-refractivity contribution is 6.12. The lowest BCUT2D eigenvalue weighted by Crippen LogP contribution is -2.11. The second-order valence-electron chi connectivity index (χ2n) is 12.1. The molecule has 1 heterocycles. The first kappa shape index (κ1) is 28.6. The first-order chi connectivity index (χ1) is 24.3. The topological polar surface area (TPSA) is 32.5 Å². The second kappa shape index (κ2) is 12.2. The summed E-state index contributed by atoms with van der Waals surface area (Å²) in [6, 6.07) is 65.6. The van der Waals surface area contributed by atoms with Crippen LogP contribution in [0.5, 0.6) is 0 Å². The monoisotopic (exact) mass is 629 g/mol. The smallest absolute Gasteiger partial charge is 0.227 e. The fourth-order valence-corrected chi connectivity index (χ4v) is 6.70. The number of hydrogen-bond donors (Lipinski definition) is 0. The molecule has 4 nitrogen and oxygen atoms in total. The van der Waals surface area contributed by atoms with Crippen LogP contribution in [-0.4, -0.2) is 4.98 Å². The van der Waals surface area contributed by atoms with E-state index in [1.165, 1.54) is 10.8 Å². The number of oxazole rings is 1. The van der Waals surface area contributed by atoms with Crippen LogP contribution in [0.2, 0.25) is 0 Å². The molecule has 4 heteroatoms. The first-order valence-corrected chi connectivity index (χ1v) is 16.5. The van der Waals surface area contributed by atoms with Gasteiger partial charge in [0.1, 0.15) is 5.52 Å². The van der Waals surface area contributed by atoms with Crippen molar-refractivity contribution in [2.24, 2.45) is 0 Å². The van der Waals surface area contributed by atoms with Crippen molar-refractivity contribution in [1.82, 2.24) is 4.98 Å². The minimum absolute atomic E-state index is 0.594. The summed E-state index contributed by atoms with van der Waals surface area (Å²) >= 11 is 0. The summed E-state index contributed by atoms with van der Waals surface area (Å²) < 4.78 is 6.70. The molecule has 49 heavy (non-hydrogen) atoms. The zero-order chi connectivity index (χ0) is 32.6.